The van der Waals surface area contributed by atoms with E-state index in [0.717, 1.165) is 30.6 Å². The third-order valence-corrected chi connectivity index (χ3v) is 3.47. The van der Waals surface area contributed by atoms with E-state index < -0.39 is 0 Å². The molecule has 1 amide bonds. The molecule has 1 fully saturated rings. The highest BCUT2D eigenvalue weighted by atomic mass is 16.5. The lowest BCUT2D eigenvalue weighted by molar-refractivity contribution is -0.128. The fraction of sp³-hybridized carbons (Fsp3) is 0.562. The minimum atomic E-state index is -0.139. The highest BCUT2D eigenvalue weighted by Crippen LogP contribution is 2.12. The van der Waals surface area contributed by atoms with Crippen LogP contribution in [0.2, 0.25) is 0 Å². The number of amides is 1. The van der Waals surface area contributed by atoms with Crippen LogP contribution in [-0.4, -0.2) is 36.9 Å². The van der Waals surface area contributed by atoms with Gasteiger partial charge in [-0.3, -0.25) is 4.79 Å². The van der Waals surface area contributed by atoms with E-state index in [1.807, 2.05) is 24.3 Å². The van der Waals surface area contributed by atoms with Crippen LogP contribution in [0.1, 0.15) is 30.4 Å². The molecule has 0 radical (unpaired) electrons. The zero-order valence-corrected chi connectivity index (χ0v) is 12.2. The van der Waals surface area contributed by atoms with Gasteiger partial charge in [0.25, 0.3) is 0 Å². The molecule has 2 N–H and O–H groups in total. The molecule has 0 saturated carbocycles. The van der Waals surface area contributed by atoms with Crippen molar-refractivity contribution in [2.75, 3.05) is 19.8 Å². The van der Waals surface area contributed by atoms with Crippen molar-refractivity contribution in [3.63, 3.8) is 0 Å². The Morgan fingerprint density at radius 2 is 2.24 bits per heavy atom. The first-order chi connectivity index (χ1) is 10.3. The van der Waals surface area contributed by atoms with Gasteiger partial charge < -0.3 is 19.9 Å². The summed E-state index contributed by atoms with van der Waals surface area (Å²) < 4.78 is 10.9. The first-order valence-corrected chi connectivity index (χ1v) is 7.42. The van der Waals surface area contributed by atoms with Gasteiger partial charge in [0.2, 0.25) is 5.91 Å². The number of hydrogen-bond donors (Lipinski definition) is 2. The molecule has 116 valence electrons. The van der Waals surface area contributed by atoms with Gasteiger partial charge >= 0.3 is 0 Å². The van der Waals surface area contributed by atoms with Crippen LogP contribution in [-0.2, 0) is 27.4 Å². The summed E-state index contributed by atoms with van der Waals surface area (Å²) in [4.78, 5) is 11.7. The molecule has 1 atom stereocenters. The Hall–Kier alpha value is -1.43. The van der Waals surface area contributed by atoms with Gasteiger partial charge in [-0.05, 0) is 30.4 Å². The quantitative estimate of drug-likeness (QED) is 0.797. The molecule has 5 nitrogen and oxygen atoms in total. The molecule has 0 aliphatic carbocycles. The summed E-state index contributed by atoms with van der Waals surface area (Å²) >= 11 is 0. The average molecular weight is 293 g/mol. The molecule has 1 aliphatic heterocycles. The number of rotatable bonds is 7. The van der Waals surface area contributed by atoms with Crippen molar-refractivity contribution < 1.29 is 19.4 Å². The van der Waals surface area contributed by atoms with E-state index in [4.69, 9.17) is 14.6 Å². The van der Waals surface area contributed by atoms with Gasteiger partial charge in [0.15, 0.2) is 0 Å². The van der Waals surface area contributed by atoms with Gasteiger partial charge in [0.05, 0.1) is 19.3 Å². The maximum atomic E-state index is 11.7. The number of aliphatic hydroxyl groups is 1. The predicted molar refractivity (Wildman–Crippen MR) is 78.6 cm³/mol. The van der Waals surface area contributed by atoms with Crippen molar-refractivity contribution in [3.8, 4) is 0 Å². The van der Waals surface area contributed by atoms with Gasteiger partial charge in [-0.2, -0.15) is 0 Å². The van der Waals surface area contributed by atoms with Crippen LogP contribution in [0.4, 0.5) is 0 Å². The minimum Gasteiger partial charge on any atom is -0.392 e. The van der Waals surface area contributed by atoms with Crippen molar-refractivity contribution >= 4 is 5.91 Å². The van der Waals surface area contributed by atoms with Gasteiger partial charge in [0.1, 0.15) is 6.61 Å². The van der Waals surface area contributed by atoms with E-state index in [-0.39, 0.29) is 25.2 Å². The van der Waals surface area contributed by atoms with E-state index in [0.29, 0.717) is 13.2 Å². The number of ether oxygens (including phenoxy) is 2. The normalized spacial score (nSPS) is 18.4. The molecule has 1 aliphatic rings. The van der Waals surface area contributed by atoms with E-state index in [2.05, 4.69) is 5.32 Å². The zero-order valence-electron chi connectivity index (χ0n) is 12.2. The molecule has 21 heavy (non-hydrogen) atoms. The Bertz CT molecular complexity index is 444. The van der Waals surface area contributed by atoms with E-state index in [9.17, 15) is 4.79 Å². The van der Waals surface area contributed by atoms with Crippen molar-refractivity contribution in [2.24, 2.45) is 0 Å². The number of hydrogen-bond acceptors (Lipinski definition) is 4. The monoisotopic (exact) mass is 293 g/mol. The summed E-state index contributed by atoms with van der Waals surface area (Å²) in [7, 11) is 0. The van der Waals surface area contributed by atoms with Crippen LogP contribution < -0.4 is 5.32 Å². The van der Waals surface area contributed by atoms with Crippen LogP contribution in [0.15, 0.2) is 24.3 Å². The predicted octanol–water partition coefficient (Wildman–Crippen LogP) is 1.38. The number of carbonyl (C=O) groups excluding carboxylic acids is 1. The lowest BCUT2D eigenvalue weighted by Crippen LogP contribution is -2.30. The average Bonchev–Trinajstić information content (AvgIpc) is 2.54. The second-order valence-corrected chi connectivity index (χ2v) is 5.26. The first-order valence-electron chi connectivity index (χ1n) is 7.42. The molecule has 1 heterocycles. The molecule has 5 heteroatoms. The van der Waals surface area contributed by atoms with Gasteiger partial charge in [-0.1, -0.05) is 24.3 Å². The van der Waals surface area contributed by atoms with Crippen LogP contribution in [0, 0.1) is 0 Å². The summed E-state index contributed by atoms with van der Waals surface area (Å²) in [5.74, 6) is -0.139. The van der Waals surface area contributed by atoms with Gasteiger partial charge in [-0.15, -0.1) is 0 Å². The van der Waals surface area contributed by atoms with Crippen LogP contribution >= 0.6 is 0 Å². The highest BCUT2D eigenvalue weighted by molar-refractivity contribution is 5.77. The van der Waals surface area contributed by atoms with E-state index >= 15 is 0 Å². The van der Waals surface area contributed by atoms with Crippen molar-refractivity contribution in [1.82, 2.24) is 5.32 Å². The van der Waals surface area contributed by atoms with E-state index in [1.54, 1.807) is 0 Å². The second kappa shape index (κ2) is 8.77. The van der Waals surface area contributed by atoms with Crippen molar-refractivity contribution in [1.29, 1.82) is 0 Å². The number of nitrogens with one attached hydrogen (secondary N) is 1. The lowest BCUT2D eigenvalue weighted by atomic mass is 10.1. The molecule has 2 rings (SSSR count). The fourth-order valence-electron chi connectivity index (χ4n) is 2.31. The number of carbonyl (C=O) groups is 1. The minimum absolute atomic E-state index is 0.00624. The van der Waals surface area contributed by atoms with Gasteiger partial charge in [-0.25, -0.2) is 0 Å². The summed E-state index contributed by atoms with van der Waals surface area (Å²) in [6.45, 7) is 1.77. The van der Waals surface area contributed by atoms with E-state index in [1.165, 1.54) is 6.42 Å². The fourth-order valence-corrected chi connectivity index (χ4v) is 2.31. The molecule has 1 saturated heterocycles. The van der Waals surface area contributed by atoms with Crippen LogP contribution in [0.3, 0.4) is 0 Å². The molecule has 0 aromatic heterocycles. The second-order valence-electron chi connectivity index (χ2n) is 5.26. The smallest absolute Gasteiger partial charge is 0.246 e. The Kier molecular flexibility index (Phi) is 6.66. The Morgan fingerprint density at radius 1 is 1.38 bits per heavy atom. The van der Waals surface area contributed by atoms with Crippen LogP contribution in [0.25, 0.3) is 0 Å². The number of aliphatic hydroxyl groups excluding tert-OH is 1. The molecular formula is C16H23NO4. The third-order valence-electron chi connectivity index (χ3n) is 3.47. The SMILES string of the molecule is O=C(COCC1CCCCO1)NCc1cccc(CO)c1. The highest BCUT2D eigenvalue weighted by Gasteiger charge is 2.14. The van der Waals surface area contributed by atoms with Crippen LogP contribution in [0.5, 0.6) is 0 Å². The molecule has 0 spiro atoms. The largest absolute Gasteiger partial charge is 0.392 e. The molecule has 1 unspecified atom stereocenters. The van der Waals surface area contributed by atoms with Crippen molar-refractivity contribution in [3.05, 3.63) is 35.4 Å². The molecular weight excluding hydrogens is 270 g/mol. The molecule has 1 aromatic carbocycles. The zero-order chi connectivity index (χ0) is 14.9. The Labute approximate surface area is 125 Å². The summed E-state index contributed by atoms with van der Waals surface area (Å²) in [6, 6.07) is 7.50. The topological polar surface area (TPSA) is 67.8 Å². The Balaban J connectivity index is 1.62. The summed E-state index contributed by atoms with van der Waals surface area (Å²) in [6.07, 6.45) is 3.42. The van der Waals surface area contributed by atoms with Crippen molar-refractivity contribution in [2.45, 2.75) is 38.5 Å². The first kappa shape index (κ1) is 15.9. The third kappa shape index (κ3) is 5.83. The maximum absolute atomic E-state index is 11.7. The molecule has 1 aromatic rings. The molecule has 0 bridgehead atoms. The van der Waals surface area contributed by atoms with Gasteiger partial charge in [0, 0.05) is 13.2 Å². The summed E-state index contributed by atoms with van der Waals surface area (Å²) in [5, 5.41) is 11.9. The lowest BCUT2D eigenvalue weighted by Gasteiger charge is -2.22. The Morgan fingerprint density at radius 3 is 3.00 bits per heavy atom. The standard InChI is InChI=1S/C16H23NO4/c18-10-14-5-3-4-13(8-14)9-17-16(19)12-20-11-15-6-1-2-7-21-15/h3-5,8,15,18H,1-2,6-7,9-12H2,(H,17,19). The maximum Gasteiger partial charge on any atom is 0.246 e. The summed E-state index contributed by atoms with van der Waals surface area (Å²) in [5.41, 5.74) is 1.80. The number of benzene rings is 1.